The van der Waals surface area contributed by atoms with Crippen molar-refractivity contribution in [2.75, 3.05) is 13.1 Å². The maximum atomic E-state index is 14.1. The zero-order valence-electron chi connectivity index (χ0n) is 19.8. The molecule has 10 heteroatoms. The molecule has 1 N–H and O–H groups in total. The number of hydrogen-bond acceptors (Lipinski definition) is 4. The van der Waals surface area contributed by atoms with Crippen molar-refractivity contribution in [3.63, 3.8) is 0 Å². The van der Waals surface area contributed by atoms with Crippen molar-refractivity contribution in [2.24, 2.45) is 0 Å². The normalized spacial score (nSPS) is 16.7. The molecule has 0 unspecified atom stereocenters. The topological polar surface area (TPSA) is 80.6 Å². The zero-order chi connectivity index (χ0) is 26.1. The molecule has 2 aliphatic heterocycles. The highest BCUT2D eigenvalue weighted by molar-refractivity contribution is 5.99. The molecule has 1 saturated heterocycles. The number of rotatable bonds is 6. The first-order valence-electron chi connectivity index (χ1n) is 12.0. The van der Waals surface area contributed by atoms with Gasteiger partial charge < -0.3 is 19.5 Å². The van der Waals surface area contributed by atoms with Crippen LogP contribution in [0, 0.1) is 17.5 Å². The van der Waals surface area contributed by atoms with Crippen molar-refractivity contribution in [1.29, 1.82) is 0 Å². The largest absolute Gasteiger partial charge is 0.483 e. The smallest absolute Gasteiger partial charge is 0.274 e. The first-order valence-corrected chi connectivity index (χ1v) is 12.0. The number of nitrogens with one attached hydrogen (secondary N) is 1. The summed E-state index contributed by atoms with van der Waals surface area (Å²) in [5.74, 6) is -4.87. The highest BCUT2D eigenvalue weighted by Crippen LogP contribution is 2.33. The van der Waals surface area contributed by atoms with Crippen molar-refractivity contribution in [2.45, 2.75) is 38.5 Å². The molecule has 3 heterocycles. The van der Waals surface area contributed by atoms with Gasteiger partial charge in [0.1, 0.15) is 29.6 Å². The molecule has 2 amide bonds. The lowest BCUT2D eigenvalue weighted by atomic mass is 10.1. The maximum Gasteiger partial charge on any atom is 0.274 e. The molecule has 0 aliphatic carbocycles. The summed E-state index contributed by atoms with van der Waals surface area (Å²) in [6.07, 6.45) is 3.49. The average Bonchev–Trinajstić information content (AvgIpc) is 3.19. The minimum Gasteiger partial charge on any atom is -0.483 e. The molecule has 2 aromatic carbocycles. The number of fused-ring (bicyclic) bond motifs is 5. The van der Waals surface area contributed by atoms with Gasteiger partial charge in [-0.2, -0.15) is 0 Å². The van der Waals surface area contributed by atoms with E-state index in [2.05, 4.69) is 5.32 Å². The Labute approximate surface area is 210 Å². The lowest BCUT2D eigenvalue weighted by molar-refractivity contribution is 0.0750. The summed E-state index contributed by atoms with van der Waals surface area (Å²) < 4.78 is 48.9. The number of hydrogen-bond donors (Lipinski definition) is 1. The number of ether oxygens (including phenoxy) is 1. The lowest BCUT2D eigenvalue weighted by Crippen LogP contribution is -2.37. The summed E-state index contributed by atoms with van der Waals surface area (Å²) in [6, 6.07) is 9.95. The van der Waals surface area contributed by atoms with Crippen molar-refractivity contribution in [3.8, 4) is 5.75 Å². The van der Waals surface area contributed by atoms with Gasteiger partial charge >= 0.3 is 0 Å². The van der Waals surface area contributed by atoms with E-state index < -0.39 is 40.9 Å². The molecule has 0 radical (unpaired) electrons. The fourth-order valence-corrected chi connectivity index (χ4v) is 4.84. The van der Waals surface area contributed by atoms with E-state index in [4.69, 9.17) is 4.74 Å². The molecule has 1 fully saturated rings. The van der Waals surface area contributed by atoms with Gasteiger partial charge in [-0.25, -0.2) is 13.2 Å². The molecule has 1 aromatic heterocycles. The van der Waals surface area contributed by atoms with E-state index in [1.165, 1.54) is 6.20 Å². The summed E-state index contributed by atoms with van der Waals surface area (Å²) in [7, 11) is 0. The van der Waals surface area contributed by atoms with E-state index in [1.807, 2.05) is 18.2 Å². The number of pyridine rings is 1. The van der Waals surface area contributed by atoms with E-state index in [0.717, 1.165) is 18.4 Å². The minimum absolute atomic E-state index is 0.00188. The highest BCUT2D eigenvalue weighted by atomic mass is 19.1. The Morgan fingerprint density at radius 1 is 1.03 bits per heavy atom. The molecular weight excluding hydrogens is 487 g/mol. The van der Waals surface area contributed by atoms with Gasteiger partial charge in [-0.15, -0.1) is 0 Å². The van der Waals surface area contributed by atoms with Crippen LogP contribution in [0.25, 0.3) is 0 Å². The lowest BCUT2D eigenvalue weighted by Gasteiger charge is -2.26. The van der Waals surface area contributed by atoms with Gasteiger partial charge in [0.05, 0.1) is 0 Å². The number of carbonyl (C=O) groups is 2. The van der Waals surface area contributed by atoms with Crippen molar-refractivity contribution in [1.82, 2.24) is 14.8 Å². The zero-order valence-corrected chi connectivity index (χ0v) is 19.8. The van der Waals surface area contributed by atoms with E-state index in [9.17, 15) is 27.6 Å². The monoisotopic (exact) mass is 511 g/mol. The Kier molecular flexibility index (Phi) is 6.73. The predicted molar refractivity (Wildman–Crippen MR) is 128 cm³/mol. The molecule has 0 saturated carbocycles. The number of carbonyl (C=O) groups excluding carboxylic acids is 2. The second kappa shape index (κ2) is 10.1. The van der Waals surface area contributed by atoms with Gasteiger partial charge in [0.15, 0.2) is 11.4 Å². The van der Waals surface area contributed by atoms with Gasteiger partial charge in [-0.05, 0) is 24.8 Å². The van der Waals surface area contributed by atoms with Crippen molar-refractivity contribution < 1.29 is 27.5 Å². The molecule has 3 aromatic rings. The third kappa shape index (κ3) is 4.83. The third-order valence-corrected chi connectivity index (χ3v) is 6.78. The number of halogens is 3. The fraction of sp³-hybridized carbons (Fsp3) is 0.296. The third-order valence-electron chi connectivity index (χ3n) is 6.78. The Morgan fingerprint density at radius 2 is 1.76 bits per heavy atom. The molecule has 7 nitrogen and oxygen atoms in total. The van der Waals surface area contributed by atoms with Gasteiger partial charge in [0, 0.05) is 49.6 Å². The molecule has 5 rings (SSSR count). The molecule has 192 valence electrons. The van der Waals surface area contributed by atoms with Crippen molar-refractivity contribution >= 4 is 11.8 Å². The number of amides is 2. The summed E-state index contributed by atoms with van der Waals surface area (Å²) in [5.41, 5.74) is -0.797. The van der Waals surface area contributed by atoms with Crippen LogP contribution in [0.1, 0.15) is 57.3 Å². The molecule has 0 spiro atoms. The molecule has 2 aliphatic rings. The van der Waals surface area contributed by atoms with Gasteiger partial charge in [0.2, 0.25) is 5.43 Å². The highest BCUT2D eigenvalue weighted by Gasteiger charge is 2.35. The van der Waals surface area contributed by atoms with Crippen molar-refractivity contribution in [3.05, 3.63) is 98.7 Å². The van der Waals surface area contributed by atoms with Gasteiger partial charge in [-0.1, -0.05) is 30.3 Å². The summed E-state index contributed by atoms with van der Waals surface area (Å²) in [5, 5.41) is 2.34. The van der Waals surface area contributed by atoms with E-state index in [-0.39, 0.29) is 35.6 Å². The fourth-order valence-electron chi connectivity index (χ4n) is 4.84. The van der Waals surface area contributed by atoms with Crippen LogP contribution < -0.4 is 15.5 Å². The Bertz CT molecular complexity index is 1400. The summed E-state index contributed by atoms with van der Waals surface area (Å²) in [6.45, 7) is 0.479. The first kappa shape index (κ1) is 24.6. The number of nitrogens with zero attached hydrogens (tertiary/aromatic N) is 2. The Hall–Kier alpha value is -4.08. The standard InChI is InChI=1S/C27H24F3N3O4/c28-17-11-21(29)19(22(30)12-17)13-31-26(35)20-14-33-18-7-4-9-32(10-8-18)27(36)23(33)25(24(20)34)37-15-16-5-2-1-3-6-16/h1-3,5-6,11-12,14,18H,4,7-10,13,15H2,(H,31,35)/t18-/m1/s1. The summed E-state index contributed by atoms with van der Waals surface area (Å²) in [4.78, 5) is 41.7. The van der Waals surface area contributed by atoms with Crippen LogP contribution in [0.15, 0.2) is 53.5 Å². The van der Waals surface area contributed by atoms with Gasteiger partial charge in [-0.3, -0.25) is 14.4 Å². The number of aromatic nitrogens is 1. The van der Waals surface area contributed by atoms with Crippen LogP contribution in [-0.2, 0) is 13.2 Å². The van der Waals surface area contributed by atoms with E-state index in [0.29, 0.717) is 31.6 Å². The number of benzene rings is 2. The van der Waals surface area contributed by atoms with Crippen LogP contribution >= 0.6 is 0 Å². The quantitative estimate of drug-likeness (QED) is 0.544. The van der Waals surface area contributed by atoms with Crippen LogP contribution in [-0.4, -0.2) is 34.4 Å². The van der Waals surface area contributed by atoms with E-state index >= 15 is 0 Å². The minimum atomic E-state index is -1.16. The second-order valence-electron chi connectivity index (χ2n) is 9.14. The second-order valence-corrected chi connectivity index (χ2v) is 9.14. The predicted octanol–water partition coefficient (Wildman–Crippen LogP) is 3.96. The molecular formula is C27H24F3N3O4. The molecule has 37 heavy (non-hydrogen) atoms. The Balaban J connectivity index is 1.53. The van der Waals surface area contributed by atoms with E-state index in [1.54, 1.807) is 21.6 Å². The maximum absolute atomic E-state index is 14.1. The van der Waals surface area contributed by atoms with Gasteiger partial charge in [0.25, 0.3) is 11.8 Å². The van der Waals surface area contributed by atoms with Crippen LogP contribution in [0.5, 0.6) is 5.75 Å². The van der Waals surface area contributed by atoms with Crippen LogP contribution in [0.3, 0.4) is 0 Å². The van der Waals surface area contributed by atoms with Crippen LogP contribution in [0.4, 0.5) is 13.2 Å². The molecule has 1 atom stereocenters. The SMILES string of the molecule is O=C(NCc1c(F)cc(F)cc1F)c1cn2c(c(OCc3ccccc3)c1=O)C(=O)N1CCC[C@@H]2CC1. The van der Waals surface area contributed by atoms with Crippen LogP contribution in [0.2, 0.25) is 0 Å². The first-order chi connectivity index (χ1) is 17.8. The molecule has 2 bridgehead atoms. The average molecular weight is 512 g/mol. The Morgan fingerprint density at radius 3 is 2.49 bits per heavy atom. The summed E-state index contributed by atoms with van der Waals surface area (Å²) >= 11 is 0.